The number of hydrogen-bond donors (Lipinski definition) is 0. The number of hydrogen-bond acceptors (Lipinski definition) is 3. The summed E-state index contributed by atoms with van der Waals surface area (Å²) in [5, 5.41) is 8.65. The molecule has 0 radical (unpaired) electrons. The van der Waals surface area contributed by atoms with Crippen LogP contribution in [0, 0.1) is 18.3 Å². The van der Waals surface area contributed by atoms with Gasteiger partial charge in [-0.1, -0.05) is 15.9 Å². The Bertz CT molecular complexity index is 525. The third-order valence-electron chi connectivity index (χ3n) is 1.91. The molecule has 70 valence electrons. The second-order valence-corrected chi connectivity index (χ2v) is 3.90. The van der Waals surface area contributed by atoms with E-state index in [-0.39, 0.29) is 0 Å². The van der Waals surface area contributed by atoms with Gasteiger partial charge >= 0.3 is 0 Å². The molecule has 0 aliphatic rings. The molecule has 1 heterocycles. The van der Waals surface area contributed by atoms with Gasteiger partial charge in [0.05, 0.1) is 12.5 Å². The molecule has 0 atom stereocenters. The van der Waals surface area contributed by atoms with Crippen molar-refractivity contribution in [1.82, 2.24) is 4.98 Å². The van der Waals surface area contributed by atoms with Gasteiger partial charge in [-0.25, -0.2) is 4.98 Å². The third-order valence-corrected chi connectivity index (χ3v) is 2.37. The maximum Gasteiger partial charge on any atom is 0.192 e. The minimum Gasteiger partial charge on any atom is -0.441 e. The second kappa shape index (κ2) is 3.43. The highest BCUT2D eigenvalue weighted by Crippen LogP contribution is 2.25. The zero-order valence-electron chi connectivity index (χ0n) is 7.54. The normalized spacial score (nSPS) is 10.4. The number of aromatic nitrogens is 1. The molecule has 14 heavy (non-hydrogen) atoms. The van der Waals surface area contributed by atoms with Crippen LogP contribution in [0.4, 0.5) is 0 Å². The fourth-order valence-corrected chi connectivity index (χ4v) is 1.88. The lowest BCUT2D eigenvalue weighted by Gasteiger charge is -1.96. The van der Waals surface area contributed by atoms with E-state index in [0.29, 0.717) is 17.9 Å². The summed E-state index contributed by atoms with van der Waals surface area (Å²) in [6.45, 7) is 1.80. The van der Waals surface area contributed by atoms with Gasteiger partial charge in [0.25, 0.3) is 0 Å². The molecule has 0 aliphatic carbocycles. The van der Waals surface area contributed by atoms with Crippen molar-refractivity contribution in [2.45, 2.75) is 13.3 Å². The fraction of sp³-hybridized carbons (Fsp3) is 0.200. The van der Waals surface area contributed by atoms with Gasteiger partial charge in [-0.15, -0.1) is 0 Å². The first-order valence-electron chi connectivity index (χ1n) is 4.13. The SMILES string of the molecule is Cc1nc2cc(Br)cc(CC#N)c2o1. The molecule has 0 saturated carbocycles. The van der Waals surface area contributed by atoms with E-state index in [9.17, 15) is 0 Å². The third kappa shape index (κ3) is 1.51. The van der Waals surface area contributed by atoms with Gasteiger partial charge in [0.2, 0.25) is 0 Å². The van der Waals surface area contributed by atoms with Crippen LogP contribution >= 0.6 is 15.9 Å². The number of nitriles is 1. The van der Waals surface area contributed by atoms with Gasteiger partial charge in [0, 0.05) is 17.0 Å². The predicted octanol–water partition coefficient (Wildman–Crippen LogP) is 2.96. The van der Waals surface area contributed by atoms with Crippen molar-refractivity contribution in [1.29, 1.82) is 5.26 Å². The maximum absolute atomic E-state index is 8.65. The van der Waals surface area contributed by atoms with Crippen molar-refractivity contribution >= 4 is 27.0 Å². The minimum atomic E-state index is 0.338. The minimum absolute atomic E-state index is 0.338. The standard InChI is InChI=1S/C10H7BrN2O/c1-6-13-9-5-8(11)4-7(2-3-12)10(9)14-6/h4-5H,2H2,1H3. The Balaban J connectivity index is 2.74. The van der Waals surface area contributed by atoms with E-state index in [1.165, 1.54) is 0 Å². The highest BCUT2D eigenvalue weighted by atomic mass is 79.9. The summed E-state index contributed by atoms with van der Waals surface area (Å²) in [5.74, 6) is 0.622. The Morgan fingerprint density at radius 3 is 3.07 bits per heavy atom. The summed E-state index contributed by atoms with van der Waals surface area (Å²) in [7, 11) is 0. The quantitative estimate of drug-likeness (QED) is 0.782. The summed E-state index contributed by atoms with van der Waals surface area (Å²) >= 11 is 3.37. The molecule has 3 nitrogen and oxygen atoms in total. The van der Waals surface area contributed by atoms with Gasteiger partial charge in [-0.05, 0) is 12.1 Å². The zero-order chi connectivity index (χ0) is 10.1. The largest absolute Gasteiger partial charge is 0.441 e. The molecule has 0 amide bonds. The summed E-state index contributed by atoms with van der Waals surface area (Å²) in [6, 6.07) is 5.87. The molecule has 4 heteroatoms. The Labute approximate surface area is 89.5 Å². The van der Waals surface area contributed by atoms with Crippen molar-refractivity contribution in [3.05, 3.63) is 28.1 Å². The Hall–Kier alpha value is -1.34. The highest BCUT2D eigenvalue weighted by Gasteiger charge is 2.08. The Morgan fingerprint density at radius 2 is 2.36 bits per heavy atom. The van der Waals surface area contributed by atoms with E-state index in [1.807, 2.05) is 12.1 Å². The number of aryl methyl sites for hydroxylation is 1. The molecule has 0 bridgehead atoms. The molecule has 0 saturated heterocycles. The first kappa shape index (κ1) is 9.22. The van der Waals surface area contributed by atoms with Crippen molar-refractivity contribution in [3.63, 3.8) is 0 Å². The number of oxazole rings is 1. The molecule has 1 aromatic carbocycles. The molecule has 2 aromatic rings. The van der Waals surface area contributed by atoms with Gasteiger partial charge in [0.1, 0.15) is 5.52 Å². The van der Waals surface area contributed by atoms with Crippen LogP contribution in [-0.2, 0) is 6.42 Å². The molecule has 2 rings (SSSR count). The lowest BCUT2D eigenvalue weighted by molar-refractivity contribution is 0.558. The summed E-state index contributed by atoms with van der Waals surface area (Å²) in [4.78, 5) is 4.21. The molecular formula is C10H7BrN2O. The monoisotopic (exact) mass is 250 g/mol. The zero-order valence-corrected chi connectivity index (χ0v) is 9.13. The molecule has 0 unspecified atom stereocenters. The molecular weight excluding hydrogens is 244 g/mol. The van der Waals surface area contributed by atoms with Crippen molar-refractivity contribution in [2.75, 3.05) is 0 Å². The van der Waals surface area contributed by atoms with E-state index >= 15 is 0 Å². The van der Waals surface area contributed by atoms with Crippen LogP contribution in [0.15, 0.2) is 21.0 Å². The van der Waals surface area contributed by atoms with Crippen molar-refractivity contribution < 1.29 is 4.42 Å². The van der Waals surface area contributed by atoms with Gasteiger partial charge in [0.15, 0.2) is 11.5 Å². The van der Waals surface area contributed by atoms with E-state index in [1.54, 1.807) is 6.92 Å². The van der Waals surface area contributed by atoms with E-state index in [0.717, 1.165) is 15.6 Å². The average Bonchev–Trinajstić information content (AvgIpc) is 2.45. The molecule has 0 spiro atoms. The Kier molecular flexibility index (Phi) is 2.26. The van der Waals surface area contributed by atoms with Crippen LogP contribution in [0.1, 0.15) is 11.5 Å². The van der Waals surface area contributed by atoms with Gasteiger partial charge in [-0.2, -0.15) is 5.26 Å². The number of halogens is 1. The maximum atomic E-state index is 8.65. The van der Waals surface area contributed by atoms with E-state index < -0.39 is 0 Å². The first-order valence-corrected chi connectivity index (χ1v) is 4.92. The first-order chi connectivity index (χ1) is 6.70. The molecule has 1 aromatic heterocycles. The lowest BCUT2D eigenvalue weighted by atomic mass is 10.1. The lowest BCUT2D eigenvalue weighted by Crippen LogP contribution is -1.82. The van der Waals surface area contributed by atoms with E-state index in [2.05, 4.69) is 27.0 Å². The Morgan fingerprint density at radius 1 is 1.57 bits per heavy atom. The van der Waals surface area contributed by atoms with Gasteiger partial charge in [-0.3, -0.25) is 0 Å². The summed E-state index contributed by atoms with van der Waals surface area (Å²) < 4.78 is 6.34. The van der Waals surface area contributed by atoms with Crippen LogP contribution in [0.25, 0.3) is 11.1 Å². The molecule has 0 aliphatic heterocycles. The highest BCUT2D eigenvalue weighted by molar-refractivity contribution is 9.10. The molecule has 0 N–H and O–H groups in total. The summed E-state index contributed by atoms with van der Waals surface area (Å²) in [5.41, 5.74) is 2.38. The molecule has 0 fully saturated rings. The van der Waals surface area contributed by atoms with Crippen LogP contribution in [-0.4, -0.2) is 4.98 Å². The second-order valence-electron chi connectivity index (χ2n) is 2.98. The number of benzene rings is 1. The van der Waals surface area contributed by atoms with Crippen LogP contribution in [0.2, 0.25) is 0 Å². The fourth-order valence-electron chi connectivity index (χ4n) is 1.39. The van der Waals surface area contributed by atoms with Crippen LogP contribution in [0.3, 0.4) is 0 Å². The van der Waals surface area contributed by atoms with Crippen molar-refractivity contribution in [3.8, 4) is 6.07 Å². The predicted molar refractivity (Wildman–Crippen MR) is 55.8 cm³/mol. The summed E-state index contributed by atoms with van der Waals surface area (Å²) in [6.07, 6.45) is 0.338. The smallest absolute Gasteiger partial charge is 0.192 e. The van der Waals surface area contributed by atoms with E-state index in [4.69, 9.17) is 9.68 Å². The van der Waals surface area contributed by atoms with Crippen LogP contribution < -0.4 is 0 Å². The average molecular weight is 251 g/mol. The number of fused-ring (bicyclic) bond motifs is 1. The topological polar surface area (TPSA) is 49.8 Å². The van der Waals surface area contributed by atoms with Gasteiger partial charge < -0.3 is 4.42 Å². The number of rotatable bonds is 1. The van der Waals surface area contributed by atoms with Crippen LogP contribution in [0.5, 0.6) is 0 Å². The van der Waals surface area contributed by atoms with Crippen molar-refractivity contribution in [2.24, 2.45) is 0 Å². The number of nitrogens with zero attached hydrogens (tertiary/aromatic N) is 2.